The first kappa shape index (κ1) is 25.0. The lowest BCUT2D eigenvalue weighted by Crippen LogP contribution is -2.29. The first-order chi connectivity index (χ1) is 17.2. The molecule has 2 heterocycles. The first-order valence-corrected chi connectivity index (χ1v) is 13.1. The van der Waals surface area contributed by atoms with Crippen molar-refractivity contribution in [2.24, 2.45) is 5.14 Å². The summed E-state index contributed by atoms with van der Waals surface area (Å²) in [6, 6.07) is 18.8. The maximum atomic E-state index is 12.4. The van der Waals surface area contributed by atoms with E-state index >= 15 is 0 Å². The lowest BCUT2D eigenvalue weighted by atomic mass is 10.2. The fourth-order valence-electron chi connectivity index (χ4n) is 3.22. The summed E-state index contributed by atoms with van der Waals surface area (Å²) in [6.07, 6.45) is 3.56. The Balaban J connectivity index is 1.43. The number of nitrogens with one attached hydrogen (secondary N) is 1. The Bertz CT molecular complexity index is 1490. The summed E-state index contributed by atoms with van der Waals surface area (Å²) < 4.78 is 29.6. The number of hydrogen-bond acceptors (Lipinski definition) is 7. The summed E-state index contributed by atoms with van der Waals surface area (Å²) in [6.45, 7) is 1.43. The Labute approximate surface area is 211 Å². The van der Waals surface area contributed by atoms with Gasteiger partial charge in [0, 0.05) is 23.5 Å². The summed E-state index contributed by atoms with van der Waals surface area (Å²) in [4.78, 5) is 25.7. The molecule has 11 heteroatoms. The van der Waals surface area contributed by atoms with Crippen LogP contribution in [0.3, 0.4) is 0 Å². The van der Waals surface area contributed by atoms with Crippen LogP contribution in [0.1, 0.15) is 12.5 Å². The minimum Gasteiger partial charge on any atom is -0.449 e. The molecule has 0 aliphatic heterocycles. The van der Waals surface area contributed by atoms with Crippen molar-refractivity contribution in [1.29, 1.82) is 0 Å². The second-order valence-corrected chi connectivity index (χ2v) is 10.2. The van der Waals surface area contributed by atoms with E-state index in [0.29, 0.717) is 16.9 Å². The highest BCUT2D eigenvalue weighted by Crippen LogP contribution is 2.28. The third-order valence-electron chi connectivity index (χ3n) is 5.03. The predicted molar refractivity (Wildman–Crippen MR) is 138 cm³/mol. The van der Waals surface area contributed by atoms with Crippen molar-refractivity contribution in [3.63, 3.8) is 0 Å². The van der Waals surface area contributed by atoms with E-state index in [1.165, 1.54) is 48.6 Å². The minimum atomic E-state index is -3.84. The van der Waals surface area contributed by atoms with Crippen molar-refractivity contribution >= 4 is 45.0 Å². The molecule has 184 valence electrons. The van der Waals surface area contributed by atoms with Crippen LogP contribution in [0, 0.1) is 0 Å². The van der Waals surface area contributed by atoms with Gasteiger partial charge in [-0.25, -0.2) is 23.0 Å². The van der Waals surface area contributed by atoms with E-state index in [2.05, 4.69) is 10.4 Å². The van der Waals surface area contributed by atoms with Gasteiger partial charge in [-0.2, -0.15) is 5.10 Å². The normalized spacial score (nSPS) is 12.4. The fraction of sp³-hybridized carbons (Fsp3) is 0.0800. The number of para-hydroxylation sites is 1. The summed E-state index contributed by atoms with van der Waals surface area (Å²) in [5, 5.41) is 14.2. The molecule has 0 fully saturated rings. The van der Waals surface area contributed by atoms with Crippen LogP contribution < -0.4 is 10.5 Å². The summed E-state index contributed by atoms with van der Waals surface area (Å²) in [5.74, 6) is -1.27. The largest absolute Gasteiger partial charge is 0.449 e. The van der Waals surface area contributed by atoms with Gasteiger partial charge in [0.2, 0.25) is 10.0 Å². The molecule has 0 radical (unpaired) electrons. The fourth-order valence-corrected chi connectivity index (χ4v) is 4.47. The lowest BCUT2D eigenvalue weighted by molar-refractivity contribution is -0.148. The molecule has 1 unspecified atom stereocenters. The second-order valence-electron chi connectivity index (χ2n) is 7.66. The molecule has 3 N–H and O–H groups in total. The number of sulfonamides is 1. The van der Waals surface area contributed by atoms with Crippen LogP contribution in [0.5, 0.6) is 0 Å². The number of aromatic nitrogens is 2. The highest BCUT2D eigenvalue weighted by atomic mass is 32.2. The number of rotatable bonds is 8. The van der Waals surface area contributed by atoms with Gasteiger partial charge in [-0.05, 0) is 60.8 Å². The van der Waals surface area contributed by atoms with Crippen molar-refractivity contribution in [2.45, 2.75) is 17.9 Å². The zero-order valence-electron chi connectivity index (χ0n) is 19.1. The lowest BCUT2D eigenvalue weighted by Gasteiger charge is -2.12. The van der Waals surface area contributed by atoms with E-state index in [9.17, 15) is 18.0 Å². The molecule has 4 rings (SSSR count). The van der Waals surface area contributed by atoms with Crippen LogP contribution in [-0.4, -0.2) is 36.2 Å². The number of nitrogens with zero attached hydrogens (tertiary/aromatic N) is 2. The molecule has 36 heavy (non-hydrogen) atoms. The monoisotopic (exact) mass is 522 g/mol. The SMILES string of the molecule is CC(OC(=O)/C=C/c1cn(-c2ccccc2)nc1-c1cccs1)C(=O)Nc1ccc(S(N)(=O)=O)cc1. The third-order valence-corrected chi connectivity index (χ3v) is 6.84. The van der Waals surface area contributed by atoms with Crippen LogP contribution >= 0.6 is 11.3 Å². The standard InChI is InChI=1S/C25H22N4O5S2/c1-17(25(31)27-19-10-12-21(13-11-19)36(26,32)33)34-23(30)14-9-18-16-29(20-6-3-2-4-7-20)28-24(18)22-8-5-15-35-22/h2-17H,1H3,(H,27,31)(H2,26,32,33)/b14-9+. The molecule has 2 aromatic carbocycles. The summed E-state index contributed by atoms with van der Waals surface area (Å²) in [7, 11) is -3.84. The zero-order chi connectivity index (χ0) is 25.7. The van der Waals surface area contributed by atoms with E-state index in [-0.39, 0.29) is 4.90 Å². The van der Waals surface area contributed by atoms with E-state index < -0.39 is 28.0 Å². The molecule has 1 amide bonds. The van der Waals surface area contributed by atoms with E-state index in [4.69, 9.17) is 9.88 Å². The molecular formula is C25H22N4O5S2. The number of primary sulfonamides is 1. The van der Waals surface area contributed by atoms with Gasteiger partial charge in [-0.1, -0.05) is 24.3 Å². The van der Waals surface area contributed by atoms with E-state index in [1.54, 1.807) is 10.8 Å². The molecule has 2 aromatic heterocycles. The minimum absolute atomic E-state index is 0.0809. The second kappa shape index (κ2) is 10.7. The van der Waals surface area contributed by atoms with Gasteiger partial charge < -0.3 is 10.1 Å². The van der Waals surface area contributed by atoms with Crippen LogP contribution in [-0.2, 0) is 24.3 Å². The molecule has 1 atom stereocenters. The average molecular weight is 523 g/mol. The average Bonchev–Trinajstić information content (AvgIpc) is 3.53. The zero-order valence-corrected chi connectivity index (χ0v) is 20.7. The van der Waals surface area contributed by atoms with Gasteiger partial charge >= 0.3 is 5.97 Å². The van der Waals surface area contributed by atoms with E-state index in [1.807, 2.05) is 54.0 Å². The molecular weight excluding hydrogens is 500 g/mol. The van der Waals surface area contributed by atoms with Crippen molar-refractivity contribution in [1.82, 2.24) is 9.78 Å². The van der Waals surface area contributed by atoms with Crippen LogP contribution in [0.2, 0.25) is 0 Å². The number of carbonyl (C=O) groups is 2. The van der Waals surface area contributed by atoms with Crippen molar-refractivity contribution < 1.29 is 22.7 Å². The molecule has 0 saturated heterocycles. The molecule has 0 aliphatic carbocycles. The maximum Gasteiger partial charge on any atom is 0.331 e. The summed E-state index contributed by atoms with van der Waals surface area (Å²) >= 11 is 1.53. The number of thiophene rings is 1. The maximum absolute atomic E-state index is 12.4. The first-order valence-electron chi connectivity index (χ1n) is 10.7. The highest BCUT2D eigenvalue weighted by molar-refractivity contribution is 7.89. The van der Waals surface area contributed by atoms with Crippen LogP contribution in [0.25, 0.3) is 22.3 Å². The van der Waals surface area contributed by atoms with Gasteiger partial charge in [-0.15, -0.1) is 11.3 Å². The Morgan fingerprint density at radius 2 is 1.81 bits per heavy atom. The number of carbonyl (C=O) groups excluding carboxylic acids is 2. The van der Waals surface area contributed by atoms with E-state index in [0.717, 1.165) is 10.6 Å². The predicted octanol–water partition coefficient (Wildman–Crippen LogP) is 3.83. The molecule has 0 aliphatic rings. The van der Waals surface area contributed by atoms with Gasteiger partial charge in [-0.3, -0.25) is 4.79 Å². The molecule has 9 nitrogen and oxygen atoms in total. The molecule has 0 bridgehead atoms. The van der Waals surface area contributed by atoms with Crippen molar-refractivity contribution in [2.75, 3.05) is 5.32 Å². The van der Waals surface area contributed by atoms with Crippen molar-refractivity contribution in [3.05, 3.63) is 89.9 Å². The summed E-state index contributed by atoms with van der Waals surface area (Å²) in [5.41, 5.74) is 2.64. The smallest absolute Gasteiger partial charge is 0.331 e. The quantitative estimate of drug-likeness (QED) is 0.267. The topological polar surface area (TPSA) is 133 Å². The molecule has 0 spiro atoms. The number of anilines is 1. The third kappa shape index (κ3) is 6.13. The highest BCUT2D eigenvalue weighted by Gasteiger charge is 2.18. The van der Waals surface area contributed by atoms with Gasteiger partial charge in [0.25, 0.3) is 5.91 Å². The molecule has 4 aromatic rings. The number of nitrogens with two attached hydrogens (primary N) is 1. The van der Waals surface area contributed by atoms with Crippen LogP contribution in [0.4, 0.5) is 5.69 Å². The van der Waals surface area contributed by atoms with Crippen LogP contribution in [0.15, 0.2) is 89.3 Å². The van der Waals surface area contributed by atoms with Gasteiger partial charge in [0.15, 0.2) is 6.10 Å². The molecule has 0 saturated carbocycles. The number of ether oxygens (including phenoxy) is 1. The van der Waals surface area contributed by atoms with Crippen molar-refractivity contribution in [3.8, 4) is 16.3 Å². The number of hydrogen-bond donors (Lipinski definition) is 2. The number of amides is 1. The van der Waals surface area contributed by atoms with Gasteiger partial charge in [0.05, 0.1) is 15.5 Å². The Kier molecular flexibility index (Phi) is 7.44. The Morgan fingerprint density at radius 1 is 1.08 bits per heavy atom. The Morgan fingerprint density at radius 3 is 2.44 bits per heavy atom. The van der Waals surface area contributed by atoms with Gasteiger partial charge in [0.1, 0.15) is 5.69 Å². The number of benzene rings is 2. The number of esters is 1. The Hall–Kier alpha value is -4.06.